The summed E-state index contributed by atoms with van der Waals surface area (Å²) >= 11 is 0. The van der Waals surface area contributed by atoms with Gasteiger partial charge in [-0.05, 0) is 19.6 Å². The van der Waals surface area contributed by atoms with Crippen molar-refractivity contribution in [3.8, 4) is 0 Å². The third kappa shape index (κ3) is 22.4. The molecule has 0 radical (unpaired) electrons. The van der Waals surface area contributed by atoms with Crippen molar-refractivity contribution >= 4 is 7.94 Å². The molecule has 0 spiro atoms. The van der Waals surface area contributed by atoms with E-state index in [4.69, 9.17) is 14.7 Å². The number of rotatable bonds is 3. The standard InChI is InChI=1S/C6H15N.CH6O3P/c1-4-7(5-2)6-3;1-5(2,3)4/h4-6H2,1-3H3;2-4H,1H3/q;+1. The number of nitrogens with zero attached hydrogens (tertiary/aromatic N) is 1. The van der Waals surface area contributed by atoms with Gasteiger partial charge in [0.05, 0.1) is 0 Å². The first-order chi connectivity index (χ1) is 5.35. The summed E-state index contributed by atoms with van der Waals surface area (Å²) in [5.74, 6) is 0. The highest BCUT2D eigenvalue weighted by Crippen LogP contribution is 2.38. The van der Waals surface area contributed by atoms with Crippen molar-refractivity contribution in [3.63, 3.8) is 0 Å². The topological polar surface area (TPSA) is 63.9 Å². The van der Waals surface area contributed by atoms with E-state index < -0.39 is 7.94 Å². The van der Waals surface area contributed by atoms with Gasteiger partial charge in [0.25, 0.3) is 0 Å². The average molecular weight is 198 g/mol. The molecule has 0 bridgehead atoms. The van der Waals surface area contributed by atoms with Crippen LogP contribution >= 0.6 is 7.94 Å². The predicted octanol–water partition coefficient (Wildman–Crippen LogP) is 0.704. The zero-order valence-electron chi connectivity index (χ0n) is 8.36. The quantitative estimate of drug-likeness (QED) is 0.584. The first kappa shape index (κ1) is 14.8. The third-order valence-corrected chi connectivity index (χ3v) is 1.34. The maximum absolute atomic E-state index is 7.74. The first-order valence-corrected chi connectivity index (χ1v) is 6.21. The number of hydrogen-bond donors (Lipinski definition) is 3. The van der Waals surface area contributed by atoms with Gasteiger partial charge in [0, 0.05) is 0 Å². The third-order valence-electron chi connectivity index (χ3n) is 1.34. The summed E-state index contributed by atoms with van der Waals surface area (Å²) in [5.41, 5.74) is 0. The minimum atomic E-state index is -3.39. The van der Waals surface area contributed by atoms with Crippen LogP contribution in [0.3, 0.4) is 0 Å². The van der Waals surface area contributed by atoms with Gasteiger partial charge in [-0.2, -0.15) is 14.7 Å². The Bertz CT molecular complexity index is 79.6. The van der Waals surface area contributed by atoms with E-state index in [0.29, 0.717) is 0 Å². The molecule has 4 nitrogen and oxygen atoms in total. The lowest BCUT2D eigenvalue weighted by Crippen LogP contribution is -2.21. The Morgan fingerprint density at radius 2 is 1.08 bits per heavy atom. The molecule has 0 amide bonds. The Balaban J connectivity index is 0. The second-order valence-electron chi connectivity index (χ2n) is 2.49. The second-order valence-corrected chi connectivity index (χ2v) is 4.22. The summed E-state index contributed by atoms with van der Waals surface area (Å²) in [6.07, 6.45) is 0. The lowest BCUT2D eigenvalue weighted by Gasteiger charge is -2.13. The molecule has 0 saturated heterocycles. The van der Waals surface area contributed by atoms with E-state index >= 15 is 0 Å². The van der Waals surface area contributed by atoms with Gasteiger partial charge in [0.15, 0.2) is 0 Å². The molecule has 0 aromatic rings. The van der Waals surface area contributed by atoms with Crippen LogP contribution in [0.4, 0.5) is 0 Å². The van der Waals surface area contributed by atoms with Crippen LogP contribution in [0, 0.1) is 0 Å². The zero-order chi connectivity index (χ0) is 10.2. The molecular formula is C7H21NO3P+. The van der Waals surface area contributed by atoms with Gasteiger partial charge in [-0.15, -0.1) is 0 Å². The van der Waals surface area contributed by atoms with Crippen molar-refractivity contribution in [2.45, 2.75) is 20.8 Å². The Morgan fingerprint density at radius 3 is 1.08 bits per heavy atom. The van der Waals surface area contributed by atoms with Crippen molar-refractivity contribution in [3.05, 3.63) is 0 Å². The Labute approximate surface area is 75.4 Å². The summed E-state index contributed by atoms with van der Waals surface area (Å²) < 4.78 is 0. The van der Waals surface area contributed by atoms with E-state index in [0.717, 1.165) is 6.66 Å². The summed E-state index contributed by atoms with van der Waals surface area (Å²) in [4.78, 5) is 25.6. The van der Waals surface area contributed by atoms with E-state index in [1.54, 1.807) is 0 Å². The van der Waals surface area contributed by atoms with Crippen LogP contribution in [0.15, 0.2) is 0 Å². The summed E-state index contributed by atoms with van der Waals surface area (Å²) in [6.45, 7) is 11.1. The van der Waals surface area contributed by atoms with Gasteiger partial charge in [-0.25, -0.2) is 0 Å². The van der Waals surface area contributed by atoms with Crippen molar-refractivity contribution in [1.82, 2.24) is 4.90 Å². The first-order valence-electron chi connectivity index (χ1n) is 4.12. The maximum atomic E-state index is 7.74. The minimum absolute atomic E-state index is 0.965. The fourth-order valence-corrected chi connectivity index (χ4v) is 0.671. The number of hydrogen-bond acceptors (Lipinski definition) is 4. The van der Waals surface area contributed by atoms with E-state index in [1.807, 2.05) is 0 Å². The molecule has 76 valence electrons. The van der Waals surface area contributed by atoms with Crippen LogP contribution < -0.4 is 0 Å². The average Bonchev–Trinajstić information content (AvgIpc) is 1.88. The molecule has 0 saturated carbocycles. The highest BCUT2D eigenvalue weighted by molar-refractivity contribution is 7.57. The van der Waals surface area contributed by atoms with Crippen LogP contribution in [0.1, 0.15) is 20.8 Å². The fraction of sp³-hybridized carbons (Fsp3) is 1.00. The van der Waals surface area contributed by atoms with Crippen molar-refractivity contribution in [1.29, 1.82) is 0 Å². The molecule has 0 unspecified atom stereocenters. The molecule has 0 rings (SSSR count). The van der Waals surface area contributed by atoms with Gasteiger partial charge in [-0.1, -0.05) is 20.8 Å². The van der Waals surface area contributed by atoms with Crippen molar-refractivity contribution in [2.24, 2.45) is 0 Å². The molecule has 0 aromatic carbocycles. The minimum Gasteiger partial charge on any atom is -0.304 e. The van der Waals surface area contributed by atoms with E-state index in [-0.39, 0.29) is 0 Å². The van der Waals surface area contributed by atoms with E-state index in [2.05, 4.69) is 25.7 Å². The van der Waals surface area contributed by atoms with E-state index in [9.17, 15) is 0 Å². The molecular weight excluding hydrogens is 177 g/mol. The highest BCUT2D eigenvalue weighted by atomic mass is 31.2. The Morgan fingerprint density at radius 1 is 0.917 bits per heavy atom. The normalized spacial score (nSPS) is 11.0. The highest BCUT2D eigenvalue weighted by Gasteiger charge is 2.17. The lowest BCUT2D eigenvalue weighted by atomic mass is 10.5. The monoisotopic (exact) mass is 198 g/mol. The largest absolute Gasteiger partial charge is 0.400 e. The lowest BCUT2D eigenvalue weighted by molar-refractivity contribution is 0.321. The SMILES string of the molecule is CCN(CC)CC.C[P+](O)(O)O. The molecule has 0 atom stereocenters. The fourth-order valence-electron chi connectivity index (χ4n) is 0.671. The Hall–Kier alpha value is 0.270. The molecule has 0 fully saturated rings. The molecule has 0 heterocycles. The van der Waals surface area contributed by atoms with Crippen LogP contribution in [0.2, 0.25) is 0 Å². The van der Waals surface area contributed by atoms with Gasteiger partial charge >= 0.3 is 7.94 Å². The molecule has 0 aliphatic carbocycles. The van der Waals surface area contributed by atoms with Crippen molar-refractivity contribution in [2.75, 3.05) is 26.3 Å². The van der Waals surface area contributed by atoms with Crippen LogP contribution in [-0.4, -0.2) is 45.9 Å². The maximum Gasteiger partial charge on any atom is 0.400 e. The molecule has 5 heteroatoms. The van der Waals surface area contributed by atoms with Crippen LogP contribution in [0.25, 0.3) is 0 Å². The van der Waals surface area contributed by atoms with Gasteiger partial charge < -0.3 is 4.90 Å². The van der Waals surface area contributed by atoms with Crippen LogP contribution in [-0.2, 0) is 0 Å². The molecule has 0 aliphatic rings. The molecule has 0 aliphatic heterocycles. The smallest absolute Gasteiger partial charge is 0.304 e. The molecule has 12 heavy (non-hydrogen) atoms. The van der Waals surface area contributed by atoms with Gasteiger partial charge in [0.1, 0.15) is 6.66 Å². The summed E-state index contributed by atoms with van der Waals surface area (Å²) in [5, 5.41) is 0. The Kier molecular flexibility index (Phi) is 9.72. The zero-order valence-corrected chi connectivity index (χ0v) is 9.25. The summed E-state index contributed by atoms with van der Waals surface area (Å²) in [6, 6.07) is 0. The second kappa shape index (κ2) is 7.90. The molecule has 0 aromatic heterocycles. The predicted molar refractivity (Wildman–Crippen MR) is 53.0 cm³/mol. The summed E-state index contributed by atoms with van der Waals surface area (Å²) in [7, 11) is -3.39. The van der Waals surface area contributed by atoms with Gasteiger partial charge in [-0.3, -0.25) is 0 Å². The van der Waals surface area contributed by atoms with Gasteiger partial charge in [0.2, 0.25) is 0 Å². The van der Waals surface area contributed by atoms with Crippen molar-refractivity contribution < 1.29 is 14.7 Å². The molecule has 3 N–H and O–H groups in total. The van der Waals surface area contributed by atoms with E-state index in [1.165, 1.54) is 19.6 Å². The van der Waals surface area contributed by atoms with Crippen LogP contribution in [0.5, 0.6) is 0 Å².